The third-order valence-electron chi connectivity index (χ3n) is 3.37. The lowest BCUT2D eigenvalue weighted by Gasteiger charge is -2.13. The van der Waals surface area contributed by atoms with Gasteiger partial charge in [0.1, 0.15) is 5.75 Å². The van der Waals surface area contributed by atoms with Crippen LogP contribution in [0.2, 0.25) is 0 Å². The van der Waals surface area contributed by atoms with E-state index in [-0.39, 0.29) is 17.7 Å². The molecule has 0 aliphatic carbocycles. The number of ether oxygens (including phenoxy) is 1. The number of anilines is 1. The molecule has 0 unspecified atom stereocenters. The Morgan fingerprint density at radius 1 is 1.17 bits per heavy atom. The summed E-state index contributed by atoms with van der Waals surface area (Å²) in [5, 5.41) is 2.49. The Hall–Kier alpha value is -2.50. The third kappa shape index (κ3) is 4.25. The Morgan fingerprint density at radius 2 is 1.87 bits per heavy atom. The molecule has 1 N–H and O–H groups in total. The minimum Gasteiger partial charge on any atom is -0.496 e. The molecule has 0 radical (unpaired) electrons. The van der Waals surface area contributed by atoms with Gasteiger partial charge in [-0.15, -0.1) is 0 Å². The molecule has 0 spiro atoms. The number of amides is 1. The zero-order valence-corrected chi connectivity index (χ0v) is 12.7. The number of carbonyl (C=O) groups is 1. The van der Waals surface area contributed by atoms with Gasteiger partial charge in [0.2, 0.25) is 5.91 Å². The Morgan fingerprint density at radius 3 is 2.52 bits per heavy atom. The van der Waals surface area contributed by atoms with Crippen molar-refractivity contribution in [1.29, 1.82) is 0 Å². The van der Waals surface area contributed by atoms with E-state index in [1.165, 1.54) is 26.2 Å². The summed E-state index contributed by atoms with van der Waals surface area (Å²) < 4.78 is 43.8. The van der Waals surface area contributed by atoms with E-state index in [1.807, 2.05) is 0 Å². The predicted molar refractivity (Wildman–Crippen MR) is 81.5 cm³/mol. The van der Waals surface area contributed by atoms with Crippen LogP contribution >= 0.6 is 0 Å². The van der Waals surface area contributed by atoms with E-state index in [1.54, 1.807) is 24.3 Å². The van der Waals surface area contributed by atoms with Crippen LogP contribution in [-0.2, 0) is 17.4 Å². The summed E-state index contributed by atoms with van der Waals surface area (Å²) in [6.45, 7) is 1.38. The SMILES string of the molecule is COc1ccccc1CC(=O)Nc1ccc(C)c(C(F)(F)F)c1. The molecule has 2 aromatic rings. The Balaban J connectivity index is 2.15. The molecule has 0 bridgehead atoms. The van der Waals surface area contributed by atoms with E-state index >= 15 is 0 Å². The number of benzene rings is 2. The molecule has 23 heavy (non-hydrogen) atoms. The second kappa shape index (κ2) is 6.73. The van der Waals surface area contributed by atoms with Gasteiger partial charge in [-0.1, -0.05) is 24.3 Å². The molecule has 0 saturated carbocycles. The maximum Gasteiger partial charge on any atom is 0.416 e. The van der Waals surface area contributed by atoms with Gasteiger partial charge in [0.05, 0.1) is 19.1 Å². The number of methoxy groups -OCH3 is 1. The van der Waals surface area contributed by atoms with Crippen LogP contribution in [-0.4, -0.2) is 13.0 Å². The molecule has 0 atom stereocenters. The number of nitrogens with one attached hydrogen (secondary N) is 1. The number of rotatable bonds is 4. The summed E-state index contributed by atoms with van der Waals surface area (Å²) in [4.78, 5) is 12.0. The van der Waals surface area contributed by atoms with Crippen molar-refractivity contribution in [3.05, 3.63) is 59.2 Å². The van der Waals surface area contributed by atoms with Crippen molar-refractivity contribution in [2.24, 2.45) is 0 Å². The van der Waals surface area contributed by atoms with E-state index in [4.69, 9.17) is 4.74 Å². The van der Waals surface area contributed by atoms with E-state index in [9.17, 15) is 18.0 Å². The Kier molecular flexibility index (Phi) is 4.93. The summed E-state index contributed by atoms with van der Waals surface area (Å²) in [5.74, 6) is 0.147. The minimum absolute atomic E-state index is 0.0131. The van der Waals surface area contributed by atoms with Crippen LogP contribution in [0.25, 0.3) is 0 Å². The van der Waals surface area contributed by atoms with Crippen LogP contribution in [0.3, 0.4) is 0 Å². The molecular weight excluding hydrogens is 307 g/mol. The fraction of sp³-hybridized carbons (Fsp3) is 0.235. The first-order valence-electron chi connectivity index (χ1n) is 6.91. The number of hydrogen-bond acceptors (Lipinski definition) is 2. The number of hydrogen-bond donors (Lipinski definition) is 1. The van der Waals surface area contributed by atoms with Crippen LogP contribution in [0.15, 0.2) is 42.5 Å². The molecule has 2 aromatic carbocycles. The Bertz CT molecular complexity index is 711. The predicted octanol–water partition coefficient (Wildman–Crippen LogP) is 4.20. The molecule has 1 amide bonds. The number of para-hydroxylation sites is 1. The minimum atomic E-state index is -4.45. The number of halogens is 3. The highest BCUT2D eigenvalue weighted by Crippen LogP contribution is 2.33. The monoisotopic (exact) mass is 323 g/mol. The zero-order chi connectivity index (χ0) is 17.0. The summed E-state index contributed by atoms with van der Waals surface area (Å²) in [6.07, 6.45) is -4.44. The maximum absolute atomic E-state index is 12.9. The van der Waals surface area contributed by atoms with E-state index < -0.39 is 17.6 Å². The highest BCUT2D eigenvalue weighted by Gasteiger charge is 2.32. The molecule has 0 heterocycles. The summed E-state index contributed by atoms with van der Waals surface area (Å²) in [7, 11) is 1.49. The van der Waals surface area contributed by atoms with Crippen molar-refractivity contribution in [2.45, 2.75) is 19.5 Å². The summed E-state index contributed by atoms with van der Waals surface area (Å²) in [6, 6.07) is 10.7. The molecule has 0 aromatic heterocycles. The van der Waals surface area contributed by atoms with Crippen molar-refractivity contribution in [1.82, 2.24) is 0 Å². The molecule has 0 aliphatic heterocycles. The van der Waals surface area contributed by atoms with Gasteiger partial charge in [0.25, 0.3) is 0 Å². The second-order valence-corrected chi connectivity index (χ2v) is 5.06. The standard InChI is InChI=1S/C17H16F3NO2/c1-11-7-8-13(10-14(11)17(18,19)20)21-16(22)9-12-5-3-4-6-15(12)23-2/h3-8,10H,9H2,1-2H3,(H,21,22). The van der Waals surface area contributed by atoms with Crippen molar-refractivity contribution in [3.8, 4) is 5.75 Å². The average Bonchev–Trinajstić information content (AvgIpc) is 2.48. The molecule has 0 saturated heterocycles. The lowest BCUT2D eigenvalue weighted by molar-refractivity contribution is -0.138. The summed E-state index contributed by atoms with van der Waals surface area (Å²) >= 11 is 0. The number of carbonyl (C=O) groups excluding carboxylic acids is 1. The molecule has 0 aliphatic rings. The van der Waals surface area contributed by atoms with Gasteiger partial charge in [-0.3, -0.25) is 4.79 Å². The fourth-order valence-corrected chi connectivity index (χ4v) is 2.23. The highest BCUT2D eigenvalue weighted by atomic mass is 19.4. The first-order valence-corrected chi connectivity index (χ1v) is 6.91. The largest absolute Gasteiger partial charge is 0.496 e. The maximum atomic E-state index is 12.9. The van der Waals surface area contributed by atoms with Crippen molar-refractivity contribution < 1.29 is 22.7 Å². The molecule has 3 nitrogen and oxygen atoms in total. The zero-order valence-electron chi connectivity index (χ0n) is 12.7. The first-order chi connectivity index (χ1) is 10.8. The van der Waals surface area contributed by atoms with Gasteiger partial charge in [0, 0.05) is 11.3 Å². The fourth-order valence-electron chi connectivity index (χ4n) is 2.23. The lowest BCUT2D eigenvalue weighted by Crippen LogP contribution is -2.16. The number of alkyl halides is 3. The van der Waals surface area contributed by atoms with Crippen LogP contribution < -0.4 is 10.1 Å². The first kappa shape index (κ1) is 16.9. The second-order valence-electron chi connectivity index (χ2n) is 5.06. The third-order valence-corrected chi connectivity index (χ3v) is 3.37. The molecule has 2 rings (SSSR count). The van der Waals surface area contributed by atoms with Crippen molar-refractivity contribution in [3.63, 3.8) is 0 Å². The van der Waals surface area contributed by atoms with Crippen LogP contribution in [0.1, 0.15) is 16.7 Å². The average molecular weight is 323 g/mol. The van der Waals surface area contributed by atoms with Gasteiger partial charge < -0.3 is 10.1 Å². The number of aryl methyl sites for hydroxylation is 1. The van der Waals surface area contributed by atoms with Gasteiger partial charge in [-0.2, -0.15) is 13.2 Å². The quantitative estimate of drug-likeness (QED) is 0.915. The smallest absolute Gasteiger partial charge is 0.416 e. The molecule has 6 heteroatoms. The van der Waals surface area contributed by atoms with Crippen LogP contribution in [0, 0.1) is 6.92 Å². The van der Waals surface area contributed by atoms with Crippen LogP contribution in [0.4, 0.5) is 18.9 Å². The molecule has 0 fully saturated rings. The molecule has 122 valence electrons. The van der Waals surface area contributed by atoms with Gasteiger partial charge in [-0.05, 0) is 30.7 Å². The van der Waals surface area contributed by atoms with Gasteiger partial charge in [0.15, 0.2) is 0 Å². The van der Waals surface area contributed by atoms with E-state index in [2.05, 4.69) is 5.32 Å². The normalized spacial score (nSPS) is 11.2. The lowest BCUT2D eigenvalue weighted by atomic mass is 10.1. The topological polar surface area (TPSA) is 38.3 Å². The Labute approximate surface area is 132 Å². The van der Waals surface area contributed by atoms with Crippen LogP contribution in [0.5, 0.6) is 5.75 Å². The summed E-state index contributed by atoms with van der Waals surface area (Å²) in [5.41, 5.74) is 0.131. The molecular formula is C17H16F3NO2. The van der Waals surface area contributed by atoms with Gasteiger partial charge in [-0.25, -0.2) is 0 Å². The van der Waals surface area contributed by atoms with E-state index in [0.717, 1.165) is 6.07 Å². The highest BCUT2D eigenvalue weighted by molar-refractivity contribution is 5.92. The van der Waals surface area contributed by atoms with E-state index in [0.29, 0.717) is 11.3 Å². The van der Waals surface area contributed by atoms with Gasteiger partial charge >= 0.3 is 6.18 Å². The van der Waals surface area contributed by atoms with Crippen molar-refractivity contribution in [2.75, 3.05) is 12.4 Å². The van der Waals surface area contributed by atoms with Crippen molar-refractivity contribution >= 4 is 11.6 Å².